The van der Waals surface area contributed by atoms with Gasteiger partial charge < -0.3 is 4.74 Å². The number of alkyl halides is 2. The molecule has 0 saturated heterocycles. The van der Waals surface area contributed by atoms with Crippen molar-refractivity contribution in [1.29, 1.82) is 0 Å². The van der Waals surface area contributed by atoms with Crippen LogP contribution in [0.1, 0.15) is 44.9 Å². The van der Waals surface area contributed by atoms with E-state index in [1.807, 2.05) is 13.0 Å². The van der Waals surface area contributed by atoms with Crippen LogP contribution in [0.4, 0.5) is 8.78 Å². The Kier molecular flexibility index (Phi) is 6.23. The molecular formula is C19H24F2N2O. The van der Waals surface area contributed by atoms with E-state index < -0.39 is 6.43 Å². The summed E-state index contributed by atoms with van der Waals surface area (Å²) in [6, 6.07) is 4.99. The Morgan fingerprint density at radius 3 is 2.50 bits per heavy atom. The highest BCUT2D eigenvalue weighted by atomic mass is 19.3. The van der Waals surface area contributed by atoms with Crippen LogP contribution >= 0.6 is 0 Å². The van der Waals surface area contributed by atoms with E-state index >= 15 is 0 Å². The number of hydrogen-bond donors (Lipinski definition) is 0. The number of ether oxygens (including phenoxy) is 1. The minimum absolute atomic E-state index is 0.119. The molecule has 0 aliphatic rings. The summed E-state index contributed by atoms with van der Waals surface area (Å²) in [6.45, 7) is 8.59. The molecule has 0 spiro atoms. The van der Waals surface area contributed by atoms with E-state index in [4.69, 9.17) is 4.74 Å². The molecule has 3 nitrogen and oxygen atoms in total. The first-order valence-corrected chi connectivity index (χ1v) is 8.20. The molecule has 1 atom stereocenters. The third-order valence-electron chi connectivity index (χ3n) is 3.72. The SMILES string of the molecule is Cc1cc(-c2cc(C(F)F)c(OC[C@@H](C)CC(C)C)cn2)ccn1. The largest absolute Gasteiger partial charge is 0.491 e. The quantitative estimate of drug-likeness (QED) is 0.675. The molecule has 5 heteroatoms. The number of nitrogens with zero attached hydrogens (tertiary/aromatic N) is 2. The van der Waals surface area contributed by atoms with Crippen LogP contribution in [-0.2, 0) is 0 Å². The molecular weight excluding hydrogens is 310 g/mol. The number of rotatable bonds is 7. The third-order valence-corrected chi connectivity index (χ3v) is 3.72. The zero-order valence-corrected chi connectivity index (χ0v) is 14.6. The van der Waals surface area contributed by atoms with Crippen LogP contribution in [0.15, 0.2) is 30.6 Å². The minimum atomic E-state index is -2.61. The number of aromatic nitrogens is 2. The predicted octanol–water partition coefficient (Wildman–Crippen LogP) is 5.45. The highest BCUT2D eigenvalue weighted by molar-refractivity contribution is 5.61. The summed E-state index contributed by atoms with van der Waals surface area (Å²) in [5, 5.41) is 0. The summed E-state index contributed by atoms with van der Waals surface area (Å²) in [6.07, 6.45) is 1.43. The summed E-state index contributed by atoms with van der Waals surface area (Å²) in [7, 11) is 0. The van der Waals surface area contributed by atoms with E-state index in [9.17, 15) is 8.78 Å². The molecule has 2 rings (SSSR count). The highest BCUT2D eigenvalue weighted by Crippen LogP contribution is 2.32. The highest BCUT2D eigenvalue weighted by Gasteiger charge is 2.18. The topological polar surface area (TPSA) is 35.0 Å². The molecule has 2 aromatic heterocycles. The van der Waals surface area contributed by atoms with Crippen molar-refractivity contribution in [2.45, 2.75) is 40.5 Å². The monoisotopic (exact) mass is 334 g/mol. The maximum Gasteiger partial charge on any atom is 0.267 e. The lowest BCUT2D eigenvalue weighted by atomic mass is 10.00. The van der Waals surface area contributed by atoms with Crippen LogP contribution in [-0.4, -0.2) is 16.6 Å². The number of aryl methyl sites for hydroxylation is 1. The second-order valence-electron chi connectivity index (χ2n) is 6.64. The van der Waals surface area contributed by atoms with Gasteiger partial charge >= 0.3 is 0 Å². The number of pyridine rings is 2. The average molecular weight is 334 g/mol. The maximum absolute atomic E-state index is 13.4. The molecule has 0 amide bonds. The average Bonchev–Trinajstić information content (AvgIpc) is 2.52. The van der Waals surface area contributed by atoms with Crippen molar-refractivity contribution in [3.05, 3.63) is 41.9 Å². The molecule has 24 heavy (non-hydrogen) atoms. The van der Waals surface area contributed by atoms with Crippen LogP contribution < -0.4 is 4.74 Å². The predicted molar refractivity (Wildman–Crippen MR) is 91.3 cm³/mol. The molecule has 130 valence electrons. The lowest BCUT2D eigenvalue weighted by Gasteiger charge is -2.17. The Hall–Kier alpha value is -2.04. The summed E-state index contributed by atoms with van der Waals surface area (Å²) >= 11 is 0. The smallest absolute Gasteiger partial charge is 0.267 e. The fourth-order valence-electron chi connectivity index (χ4n) is 2.72. The second kappa shape index (κ2) is 8.18. The second-order valence-corrected chi connectivity index (χ2v) is 6.64. The zero-order valence-electron chi connectivity index (χ0n) is 14.6. The Morgan fingerprint density at radius 2 is 1.88 bits per heavy atom. The zero-order chi connectivity index (χ0) is 17.7. The Labute approximate surface area is 142 Å². The Morgan fingerprint density at radius 1 is 1.12 bits per heavy atom. The van der Waals surface area contributed by atoms with Gasteiger partial charge in [0, 0.05) is 17.5 Å². The molecule has 0 aliphatic heterocycles. The van der Waals surface area contributed by atoms with Gasteiger partial charge in [-0.15, -0.1) is 0 Å². The number of hydrogen-bond acceptors (Lipinski definition) is 3. The first-order chi connectivity index (χ1) is 11.4. The van der Waals surface area contributed by atoms with Gasteiger partial charge in [-0.3, -0.25) is 9.97 Å². The molecule has 0 N–H and O–H groups in total. The van der Waals surface area contributed by atoms with E-state index in [-0.39, 0.29) is 11.3 Å². The van der Waals surface area contributed by atoms with Crippen molar-refractivity contribution in [3.8, 4) is 17.0 Å². The van der Waals surface area contributed by atoms with Crippen LogP contribution in [0.2, 0.25) is 0 Å². The van der Waals surface area contributed by atoms with E-state index in [0.717, 1.165) is 17.7 Å². The molecule has 0 aliphatic carbocycles. The first kappa shape index (κ1) is 18.3. The van der Waals surface area contributed by atoms with E-state index in [0.29, 0.717) is 24.1 Å². The van der Waals surface area contributed by atoms with Gasteiger partial charge in [0.1, 0.15) is 5.75 Å². The van der Waals surface area contributed by atoms with Crippen molar-refractivity contribution < 1.29 is 13.5 Å². The lowest BCUT2D eigenvalue weighted by molar-refractivity contribution is 0.142. The normalized spacial score (nSPS) is 12.7. The van der Waals surface area contributed by atoms with Crippen LogP contribution in [0.25, 0.3) is 11.3 Å². The van der Waals surface area contributed by atoms with Crippen molar-refractivity contribution in [2.24, 2.45) is 11.8 Å². The van der Waals surface area contributed by atoms with E-state index in [1.165, 1.54) is 12.3 Å². The summed E-state index contributed by atoms with van der Waals surface area (Å²) < 4.78 is 32.5. The molecule has 0 fully saturated rings. The van der Waals surface area contributed by atoms with Crippen molar-refractivity contribution in [1.82, 2.24) is 9.97 Å². The lowest BCUT2D eigenvalue weighted by Crippen LogP contribution is -2.12. The summed E-state index contributed by atoms with van der Waals surface area (Å²) in [5.74, 6) is 1.02. The van der Waals surface area contributed by atoms with Crippen LogP contribution in [0.5, 0.6) is 5.75 Å². The van der Waals surface area contributed by atoms with E-state index in [2.05, 4.69) is 30.7 Å². The van der Waals surface area contributed by atoms with Crippen molar-refractivity contribution >= 4 is 0 Å². The summed E-state index contributed by atoms with van der Waals surface area (Å²) in [5.41, 5.74) is 1.96. The molecule has 2 aromatic rings. The van der Waals surface area contributed by atoms with Gasteiger partial charge in [0.25, 0.3) is 6.43 Å². The molecule has 2 heterocycles. The van der Waals surface area contributed by atoms with Crippen LogP contribution in [0.3, 0.4) is 0 Å². The molecule has 0 aromatic carbocycles. The molecule has 0 bridgehead atoms. The van der Waals surface area contributed by atoms with Gasteiger partial charge in [0.05, 0.1) is 24.1 Å². The third kappa shape index (κ3) is 4.98. The molecule has 0 saturated carbocycles. The molecule has 0 unspecified atom stereocenters. The Balaban J connectivity index is 2.21. The fraction of sp³-hybridized carbons (Fsp3) is 0.474. The van der Waals surface area contributed by atoms with Gasteiger partial charge in [-0.25, -0.2) is 8.78 Å². The first-order valence-electron chi connectivity index (χ1n) is 8.20. The van der Waals surface area contributed by atoms with Crippen molar-refractivity contribution in [3.63, 3.8) is 0 Å². The van der Waals surface area contributed by atoms with Gasteiger partial charge in [-0.1, -0.05) is 20.8 Å². The van der Waals surface area contributed by atoms with Crippen molar-refractivity contribution in [2.75, 3.05) is 6.61 Å². The van der Waals surface area contributed by atoms with E-state index in [1.54, 1.807) is 12.3 Å². The minimum Gasteiger partial charge on any atom is -0.491 e. The standard InChI is InChI=1S/C19H24F2N2O/c1-12(2)7-13(3)11-24-18-10-23-17(9-16(18)19(20)21)15-5-6-22-14(4)8-15/h5-6,8-10,12-13,19H,7,11H2,1-4H3/t13-/m0/s1. The summed E-state index contributed by atoms with van der Waals surface area (Å²) in [4.78, 5) is 8.40. The Bertz CT molecular complexity index is 674. The fourth-order valence-corrected chi connectivity index (χ4v) is 2.72. The number of halogens is 2. The van der Waals surface area contributed by atoms with Crippen LogP contribution in [0, 0.1) is 18.8 Å². The van der Waals surface area contributed by atoms with Gasteiger partial charge in [-0.05, 0) is 43.4 Å². The maximum atomic E-state index is 13.4. The van der Waals surface area contributed by atoms with Gasteiger partial charge in [-0.2, -0.15) is 0 Å². The molecule has 0 radical (unpaired) electrons. The van der Waals surface area contributed by atoms with Gasteiger partial charge in [0.15, 0.2) is 0 Å². The van der Waals surface area contributed by atoms with Gasteiger partial charge in [0.2, 0.25) is 0 Å².